The van der Waals surface area contributed by atoms with Gasteiger partial charge in [-0.05, 0) is 49.8 Å². The highest BCUT2D eigenvalue weighted by Crippen LogP contribution is 2.29. The van der Waals surface area contributed by atoms with Crippen LogP contribution >= 0.6 is 11.7 Å². The van der Waals surface area contributed by atoms with Crippen molar-refractivity contribution in [3.63, 3.8) is 0 Å². The first-order valence-corrected chi connectivity index (χ1v) is 10.9. The average molecular weight is 456 g/mol. The Morgan fingerprint density at radius 3 is 2.66 bits per heavy atom. The maximum absolute atomic E-state index is 13.2. The molecule has 3 aromatic rings. The molecule has 0 N–H and O–H groups in total. The van der Waals surface area contributed by atoms with Crippen LogP contribution in [0.3, 0.4) is 0 Å². The van der Waals surface area contributed by atoms with E-state index in [9.17, 15) is 19.3 Å². The lowest BCUT2D eigenvalue weighted by molar-refractivity contribution is -0.383. The number of carbonyl (C=O) groups excluding carboxylic acids is 1. The number of aromatic nitrogens is 2. The van der Waals surface area contributed by atoms with Gasteiger partial charge in [-0.15, -0.1) is 0 Å². The van der Waals surface area contributed by atoms with E-state index >= 15 is 0 Å². The van der Waals surface area contributed by atoms with Crippen molar-refractivity contribution in [3.8, 4) is 0 Å². The van der Waals surface area contributed by atoms with Gasteiger partial charge in [-0.25, -0.2) is 4.39 Å². The zero-order valence-electron chi connectivity index (χ0n) is 17.6. The Morgan fingerprint density at radius 1 is 1.19 bits per heavy atom. The summed E-state index contributed by atoms with van der Waals surface area (Å²) in [5.74, 6) is -0.459. The number of amides is 1. The first-order valence-electron chi connectivity index (χ1n) is 10.2. The number of nitro groups is 1. The Kier molecular flexibility index (Phi) is 6.24. The second kappa shape index (κ2) is 9.09. The summed E-state index contributed by atoms with van der Waals surface area (Å²) in [6, 6.07) is 9.76. The van der Waals surface area contributed by atoms with E-state index in [4.69, 9.17) is 0 Å². The quantitative estimate of drug-likeness (QED) is 0.329. The van der Waals surface area contributed by atoms with Gasteiger partial charge in [0.1, 0.15) is 11.3 Å². The molecule has 1 saturated heterocycles. The molecule has 1 amide bonds. The van der Waals surface area contributed by atoms with Crippen molar-refractivity contribution in [1.82, 2.24) is 18.5 Å². The SMILES string of the molecule is C[C@@H]1CN(C(=O)C=Cc2ccc3nsnc3c2[N+](=O)[O-])[C@@H](C)CN1Cc1ccc(F)cc1. The zero-order chi connectivity index (χ0) is 22.8. The van der Waals surface area contributed by atoms with Crippen molar-refractivity contribution in [2.24, 2.45) is 0 Å². The summed E-state index contributed by atoms with van der Waals surface area (Å²) in [5, 5.41) is 11.6. The molecule has 1 aromatic heterocycles. The van der Waals surface area contributed by atoms with Gasteiger partial charge in [-0.1, -0.05) is 12.1 Å². The van der Waals surface area contributed by atoms with Crippen LogP contribution in [0.1, 0.15) is 25.0 Å². The predicted molar refractivity (Wildman–Crippen MR) is 121 cm³/mol. The zero-order valence-corrected chi connectivity index (χ0v) is 18.5. The molecule has 0 radical (unpaired) electrons. The molecule has 32 heavy (non-hydrogen) atoms. The number of fused-ring (bicyclic) bond motifs is 1. The third-order valence-corrected chi connectivity index (χ3v) is 6.26. The molecule has 0 aliphatic carbocycles. The predicted octanol–water partition coefficient (Wildman–Crippen LogP) is 3.87. The highest BCUT2D eigenvalue weighted by atomic mass is 32.1. The third kappa shape index (κ3) is 4.51. The number of hydrogen-bond acceptors (Lipinski definition) is 7. The molecule has 1 aliphatic heterocycles. The summed E-state index contributed by atoms with van der Waals surface area (Å²) in [6.45, 7) is 5.91. The van der Waals surface area contributed by atoms with Gasteiger partial charge in [0.2, 0.25) is 5.91 Å². The number of nitro benzene ring substituents is 1. The molecule has 2 heterocycles. The average Bonchev–Trinajstić information content (AvgIpc) is 3.24. The summed E-state index contributed by atoms with van der Waals surface area (Å²) in [4.78, 5) is 28.0. The summed E-state index contributed by atoms with van der Waals surface area (Å²) in [5.41, 5.74) is 1.88. The van der Waals surface area contributed by atoms with E-state index in [-0.39, 0.29) is 35.0 Å². The minimum atomic E-state index is -0.493. The van der Waals surface area contributed by atoms with Crippen molar-refractivity contribution in [3.05, 3.63) is 69.5 Å². The molecule has 0 bridgehead atoms. The molecule has 0 spiro atoms. The molecule has 1 fully saturated rings. The van der Waals surface area contributed by atoms with Crippen molar-refractivity contribution in [1.29, 1.82) is 0 Å². The fourth-order valence-corrected chi connectivity index (χ4v) is 4.52. The Hall–Kier alpha value is -3.24. The summed E-state index contributed by atoms with van der Waals surface area (Å²) < 4.78 is 21.2. The second-order valence-electron chi connectivity index (χ2n) is 7.97. The van der Waals surface area contributed by atoms with E-state index in [1.165, 1.54) is 24.3 Å². The van der Waals surface area contributed by atoms with E-state index in [2.05, 4.69) is 13.6 Å². The number of hydrogen-bond donors (Lipinski definition) is 0. The number of rotatable bonds is 5. The van der Waals surface area contributed by atoms with Gasteiger partial charge in [-0.2, -0.15) is 8.75 Å². The lowest BCUT2D eigenvalue weighted by Gasteiger charge is -2.43. The number of nitrogens with zero attached hydrogens (tertiary/aromatic N) is 5. The number of benzene rings is 2. The van der Waals surface area contributed by atoms with Gasteiger partial charge in [0.15, 0.2) is 5.52 Å². The van der Waals surface area contributed by atoms with Gasteiger partial charge in [0.05, 0.1) is 22.2 Å². The van der Waals surface area contributed by atoms with Gasteiger partial charge in [0, 0.05) is 37.8 Å². The fraction of sp³-hybridized carbons (Fsp3) is 0.318. The van der Waals surface area contributed by atoms with E-state index in [1.54, 1.807) is 29.2 Å². The normalized spacial score (nSPS) is 19.7. The largest absolute Gasteiger partial charge is 0.334 e. The molecule has 8 nitrogen and oxygen atoms in total. The molecule has 1 aliphatic rings. The highest BCUT2D eigenvalue weighted by molar-refractivity contribution is 7.00. The van der Waals surface area contributed by atoms with Crippen LogP contribution in [0, 0.1) is 15.9 Å². The van der Waals surface area contributed by atoms with E-state index < -0.39 is 4.92 Å². The molecule has 10 heteroatoms. The maximum Gasteiger partial charge on any atom is 0.305 e. The Bertz CT molecular complexity index is 1180. The van der Waals surface area contributed by atoms with Crippen molar-refractivity contribution in [2.45, 2.75) is 32.5 Å². The van der Waals surface area contributed by atoms with E-state index in [0.717, 1.165) is 17.3 Å². The first-order chi connectivity index (χ1) is 15.3. The van der Waals surface area contributed by atoms with Crippen LogP contribution in [0.25, 0.3) is 17.1 Å². The highest BCUT2D eigenvalue weighted by Gasteiger charge is 2.31. The Morgan fingerprint density at radius 2 is 1.94 bits per heavy atom. The van der Waals surface area contributed by atoms with Crippen LogP contribution in [-0.4, -0.2) is 54.6 Å². The van der Waals surface area contributed by atoms with Crippen LogP contribution in [0.5, 0.6) is 0 Å². The minimum Gasteiger partial charge on any atom is -0.334 e. The standard InChI is InChI=1S/C22H22FN5O3S/c1-14-12-27(15(2)11-26(14)13-16-3-7-18(23)8-4-16)20(29)10-6-17-5-9-19-21(25-32-24-19)22(17)28(30)31/h3-10,14-15H,11-13H2,1-2H3/t14-,15+/m1/s1. The topological polar surface area (TPSA) is 92.5 Å². The van der Waals surface area contributed by atoms with Gasteiger partial charge in [-0.3, -0.25) is 19.8 Å². The van der Waals surface area contributed by atoms with E-state index in [1.807, 2.05) is 13.8 Å². The number of carbonyl (C=O) groups is 1. The number of piperazine rings is 1. The molecule has 0 saturated carbocycles. The van der Waals surface area contributed by atoms with Gasteiger partial charge in [0.25, 0.3) is 0 Å². The molecule has 4 rings (SSSR count). The van der Waals surface area contributed by atoms with Crippen LogP contribution in [-0.2, 0) is 11.3 Å². The smallest absolute Gasteiger partial charge is 0.305 e. The summed E-state index contributed by atoms with van der Waals surface area (Å²) in [6.07, 6.45) is 2.86. The van der Waals surface area contributed by atoms with E-state index in [0.29, 0.717) is 30.7 Å². The van der Waals surface area contributed by atoms with Crippen LogP contribution in [0.15, 0.2) is 42.5 Å². The molecule has 0 unspecified atom stereocenters. The molecule has 2 atom stereocenters. The van der Waals surface area contributed by atoms with Crippen molar-refractivity contribution in [2.75, 3.05) is 13.1 Å². The van der Waals surface area contributed by atoms with Gasteiger partial charge >= 0.3 is 5.69 Å². The maximum atomic E-state index is 13.2. The molecule has 2 aromatic carbocycles. The van der Waals surface area contributed by atoms with Crippen molar-refractivity contribution < 1.29 is 14.1 Å². The fourth-order valence-electron chi connectivity index (χ4n) is 3.99. The lowest BCUT2D eigenvalue weighted by atomic mass is 10.1. The molecular weight excluding hydrogens is 433 g/mol. The Labute approximate surface area is 188 Å². The van der Waals surface area contributed by atoms with Crippen LogP contribution < -0.4 is 0 Å². The van der Waals surface area contributed by atoms with Gasteiger partial charge < -0.3 is 4.90 Å². The molecular formula is C22H22FN5O3S. The summed E-state index contributed by atoms with van der Waals surface area (Å²) >= 11 is 0.915. The third-order valence-electron chi connectivity index (χ3n) is 5.72. The second-order valence-corrected chi connectivity index (χ2v) is 8.50. The Balaban J connectivity index is 1.47. The van der Waals surface area contributed by atoms with Crippen LogP contribution in [0.2, 0.25) is 0 Å². The minimum absolute atomic E-state index is 0.0380. The first kappa shape index (κ1) is 22.0. The monoisotopic (exact) mass is 455 g/mol. The van der Waals surface area contributed by atoms with Crippen molar-refractivity contribution >= 4 is 40.4 Å². The lowest BCUT2D eigenvalue weighted by Crippen LogP contribution is -2.57. The van der Waals surface area contributed by atoms with Crippen LogP contribution in [0.4, 0.5) is 10.1 Å². The molecule has 166 valence electrons. The number of halogens is 1. The summed E-state index contributed by atoms with van der Waals surface area (Å²) in [7, 11) is 0.